The third-order valence-corrected chi connectivity index (χ3v) is 3.83. The van der Waals surface area contributed by atoms with E-state index in [4.69, 9.17) is 16.3 Å². The molecule has 0 atom stereocenters. The van der Waals surface area contributed by atoms with Crippen molar-refractivity contribution in [1.82, 2.24) is 0 Å². The Kier molecular flexibility index (Phi) is 4.17. The number of benzene rings is 2. The molecule has 0 bridgehead atoms. The molecule has 4 nitrogen and oxygen atoms in total. The molecule has 0 N–H and O–H groups in total. The van der Waals surface area contributed by atoms with E-state index < -0.39 is 0 Å². The van der Waals surface area contributed by atoms with Crippen LogP contribution >= 0.6 is 11.6 Å². The Labute approximate surface area is 138 Å². The van der Waals surface area contributed by atoms with Gasteiger partial charge in [-0.1, -0.05) is 24.6 Å². The number of hydrogen-bond acceptors (Lipinski definition) is 3. The van der Waals surface area contributed by atoms with Crippen LogP contribution < -0.4 is 9.64 Å². The molecule has 0 aliphatic carbocycles. The Balaban J connectivity index is 1.78. The van der Waals surface area contributed by atoms with Crippen molar-refractivity contribution in [3.63, 3.8) is 0 Å². The summed E-state index contributed by atoms with van der Waals surface area (Å²) in [7, 11) is 0. The molecule has 23 heavy (non-hydrogen) atoms. The first kappa shape index (κ1) is 15.3. The van der Waals surface area contributed by atoms with Crippen LogP contribution in [0.5, 0.6) is 11.5 Å². The second kappa shape index (κ2) is 6.26. The number of imide groups is 1. The molecule has 0 fully saturated rings. The lowest BCUT2D eigenvalue weighted by atomic mass is 10.2. The topological polar surface area (TPSA) is 46.6 Å². The van der Waals surface area contributed by atoms with Crippen molar-refractivity contribution >= 4 is 29.1 Å². The molecule has 2 aromatic rings. The van der Waals surface area contributed by atoms with Crippen LogP contribution in [-0.4, -0.2) is 11.8 Å². The molecule has 5 heteroatoms. The summed E-state index contributed by atoms with van der Waals surface area (Å²) in [5.41, 5.74) is 1.64. The van der Waals surface area contributed by atoms with Crippen LogP contribution in [0.4, 0.5) is 5.69 Å². The molecule has 3 rings (SSSR count). The van der Waals surface area contributed by atoms with Gasteiger partial charge in [-0.3, -0.25) is 9.59 Å². The fourth-order valence-corrected chi connectivity index (χ4v) is 2.53. The molecule has 0 unspecified atom stereocenters. The molecule has 0 saturated carbocycles. The number of amides is 2. The van der Waals surface area contributed by atoms with Crippen LogP contribution in [-0.2, 0) is 16.0 Å². The van der Waals surface area contributed by atoms with Gasteiger partial charge in [-0.2, -0.15) is 0 Å². The van der Waals surface area contributed by atoms with E-state index in [9.17, 15) is 9.59 Å². The van der Waals surface area contributed by atoms with Crippen molar-refractivity contribution in [3.8, 4) is 11.5 Å². The van der Waals surface area contributed by atoms with Crippen LogP contribution in [0.25, 0.3) is 0 Å². The molecule has 2 amide bonds. The smallest absolute Gasteiger partial charge is 0.258 e. The summed E-state index contributed by atoms with van der Waals surface area (Å²) in [4.78, 5) is 24.4. The lowest BCUT2D eigenvalue weighted by Gasteiger charge is -2.14. The Morgan fingerprint density at radius 3 is 2.22 bits per heavy atom. The minimum Gasteiger partial charge on any atom is -0.456 e. The molecule has 2 aromatic carbocycles. The number of ether oxygens (including phenoxy) is 1. The summed E-state index contributed by atoms with van der Waals surface area (Å²) in [6.07, 6.45) is 3.41. The van der Waals surface area contributed by atoms with Gasteiger partial charge in [0.15, 0.2) is 0 Å². The van der Waals surface area contributed by atoms with Gasteiger partial charge in [0.25, 0.3) is 11.8 Å². The Morgan fingerprint density at radius 1 is 1.00 bits per heavy atom. The third-order valence-electron chi connectivity index (χ3n) is 3.54. The van der Waals surface area contributed by atoms with E-state index in [1.165, 1.54) is 12.2 Å². The number of carbonyl (C=O) groups is 2. The van der Waals surface area contributed by atoms with E-state index in [1.54, 1.807) is 24.3 Å². The van der Waals surface area contributed by atoms with E-state index >= 15 is 0 Å². The SMILES string of the molecule is CCc1ccc(Oc2ccc(N3C(=O)C=CC3=O)cc2)c(Cl)c1. The minimum absolute atomic E-state index is 0.345. The second-order valence-corrected chi connectivity index (χ2v) is 5.47. The molecule has 1 heterocycles. The normalized spacial score (nSPS) is 13.7. The molecule has 116 valence electrons. The van der Waals surface area contributed by atoms with Crippen LogP contribution in [0.15, 0.2) is 54.6 Å². The number of anilines is 1. The van der Waals surface area contributed by atoms with E-state index in [0.29, 0.717) is 22.2 Å². The molecular weight excluding hydrogens is 314 g/mol. The van der Waals surface area contributed by atoms with Gasteiger partial charge in [-0.15, -0.1) is 0 Å². The Hall–Kier alpha value is -2.59. The van der Waals surface area contributed by atoms with E-state index in [2.05, 4.69) is 6.92 Å². The average molecular weight is 328 g/mol. The van der Waals surface area contributed by atoms with Crippen LogP contribution in [0.1, 0.15) is 12.5 Å². The molecule has 1 aliphatic heterocycles. The number of halogens is 1. The predicted octanol–water partition coefficient (Wildman–Crippen LogP) is 4.12. The predicted molar refractivity (Wildman–Crippen MR) is 89.0 cm³/mol. The van der Waals surface area contributed by atoms with Crippen molar-refractivity contribution in [2.45, 2.75) is 13.3 Å². The first-order valence-electron chi connectivity index (χ1n) is 7.21. The Morgan fingerprint density at radius 2 is 1.65 bits per heavy atom. The number of rotatable bonds is 4. The summed E-state index contributed by atoms with van der Waals surface area (Å²) in [5.74, 6) is 0.447. The second-order valence-electron chi connectivity index (χ2n) is 5.06. The third kappa shape index (κ3) is 3.12. The average Bonchev–Trinajstić information content (AvgIpc) is 2.89. The van der Waals surface area contributed by atoms with Crippen LogP contribution in [0.2, 0.25) is 5.02 Å². The number of aryl methyl sites for hydroxylation is 1. The Bertz CT molecular complexity index is 778. The van der Waals surface area contributed by atoms with Gasteiger partial charge in [0.2, 0.25) is 0 Å². The molecule has 0 spiro atoms. The lowest BCUT2D eigenvalue weighted by Crippen LogP contribution is -2.29. The lowest BCUT2D eigenvalue weighted by molar-refractivity contribution is -0.119. The zero-order chi connectivity index (χ0) is 16.4. The van der Waals surface area contributed by atoms with E-state index in [1.807, 2.05) is 18.2 Å². The van der Waals surface area contributed by atoms with Gasteiger partial charge in [0.1, 0.15) is 11.5 Å². The first-order valence-corrected chi connectivity index (χ1v) is 7.59. The minimum atomic E-state index is -0.345. The van der Waals surface area contributed by atoms with Crippen molar-refractivity contribution in [1.29, 1.82) is 0 Å². The fourth-order valence-electron chi connectivity index (χ4n) is 2.29. The van der Waals surface area contributed by atoms with Gasteiger partial charge < -0.3 is 4.74 Å². The fraction of sp³-hybridized carbons (Fsp3) is 0.111. The maximum Gasteiger partial charge on any atom is 0.258 e. The first-order chi connectivity index (χ1) is 11.1. The standard InChI is InChI=1S/C18H14ClNO3/c1-2-12-3-8-16(15(19)11-12)23-14-6-4-13(5-7-14)20-17(21)9-10-18(20)22/h3-11H,2H2,1H3. The van der Waals surface area contributed by atoms with Crippen LogP contribution in [0.3, 0.4) is 0 Å². The molecule has 1 aliphatic rings. The highest BCUT2D eigenvalue weighted by Gasteiger charge is 2.24. The van der Waals surface area contributed by atoms with Crippen molar-refractivity contribution in [2.24, 2.45) is 0 Å². The van der Waals surface area contributed by atoms with Gasteiger partial charge in [0, 0.05) is 12.2 Å². The van der Waals surface area contributed by atoms with E-state index in [0.717, 1.165) is 16.9 Å². The molecule has 0 aromatic heterocycles. The highest BCUT2D eigenvalue weighted by molar-refractivity contribution is 6.32. The number of hydrogen-bond donors (Lipinski definition) is 0. The zero-order valence-electron chi connectivity index (χ0n) is 12.5. The van der Waals surface area contributed by atoms with Crippen molar-refractivity contribution in [3.05, 3.63) is 65.2 Å². The molecular formula is C18H14ClNO3. The van der Waals surface area contributed by atoms with Gasteiger partial charge in [0.05, 0.1) is 10.7 Å². The zero-order valence-corrected chi connectivity index (χ0v) is 13.2. The monoisotopic (exact) mass is 327 g/mol. The highest BCUT2D eigenvalue weighted by Crippen LogP contribution is 2.31. The molecule has 0 radical (unpaired) electrons. The summed E-state index contributed by atoms with van der Waals surface area (Å²) in [5, 5.41) is 0.544. The van der Waals surface area contributed by atoms with Gasteiger partial charge in [-0.05, 0) is 48.4 Å². The summed E-state index contributed by atoms with van der Waals surface area (Å²) >= 11 is 6.20. The molecule has 0 saturated heterocycles. The van der Waals surface area contributed by atoms with Gasteiger partial charge in [-0.25, -0.2) is 4.90 Å². The van der Waals surface area contributed by atoms with Crippen LogP contribution in [0, 0.1) is 0 Å². The quantitative estimate of drug-likeness (QED) is 0.793. The maximum absolute atomic E-state index is 11.6. The summed E-state index contributed by atoms with van der Waals surface area (Å²) < 4.78 is 5.74. The van der Waals surface area contributed by atoms with Crippen molar-refractivity contribution < 1.29 is 14.3 Å². The highest BCUT2D eigenvalue weighted by atomic mass is 35.5. The summed E-state index contributed by atoms with van der Waals surface area (Å²) in [6, 6.07) is 12.4. The van der Waals surface area contributed by atoms with Crippen molar-refractivity contribution in [2.75, 3.05) is 4.90 Å². The largest absolute Gasteiger partial charge is 0.456 e. The number of nitrogens with zero attached hydrogens (tertiary/aromatic N) is 1. The number of carbonyl (C=O) groups excluding carboxylic acids is 2. The van der Waals surface area contributed by atoms with E-state index in [-0.39, 0.29) is 11.8 Å². The van der Waals surface area contributed by atoms with Gasteiger partial charge >= 0.3 is 0 Å². The summed E-state index contributed by atoms with van der Waals surface area (Å²) in [6.45, 7) is 2.06. The maximum atomic E-state index is 11.6.